The van der Waals surface area contributed by atoms with Gasteiger partial charge in [-0.1, -0.05) is 0 Å². The number of rotatable bonds is 2. The molecule has 3 aliphatic rings. The lowest BCUT2D eigenvalue weighted by atomic mass is 9.89. The van der Waals surface area contributed by atoms with Crippen LogP contribution >= 0.6 is 0 Å². The number of nitrogens with one attached hydrogen (secondary N) is 2. The SMILES string of the molecule is O=C1NC(=O)C2(CCN(S(=O)(=O)C3CC3)CC2)N1. The van der Waals surface area contributed by atoms with E-state index in [1.165, 1.54) is 4.31 Å². The van der Waals surface area contributed by atoms with Crippen molar-refractivity contribution in [3.63, 3.8) is 0 Å². The third-order valence-electron chi connectivity index (χ3n) is 3.90. The highest BCUT2D eigenvalue weighted by Crippen LogP contribution is 2.34. The summed E-state index contributed by atoms with van der Waals surface area (Å²) in [4.78, 5) is 22.9. The number of imide groups is 1. The third kappa shape index (κ3) is 1.71. The molecule has 1 saturated carbocycles. The lowest BCUT2D eigenvalue weighted by Gasteiger charge is -2.36. The van der Waals surface area contributed by atoms with E-state index in [-0.39, 0.29) is 11.2 Å². The van der Waals surface area contributed by atoms with Crippen LogP contribution in [0.2, 0.25) is 0 Å². The fraction of sp³-hybridized carbons (Fsp3) is 0.800. The number of amides is 3. The molecule has 0 bridgehead atoms. The Kier molecular flexibility index (Phi) is 2.43. The van der Waals surface area contributed by atoms with Crippen LogP contribution in [0.25, 0.3) is 0 Å². The zero-order valence-corrected chi connectivity index (χ0v) is 10.6. The molecule has 0 aromatic heterocycles. The van der Waals surface area contributed by atoms with Crippen LogP contribution in [0.15, 0.2) is 0 Å². The first-order valence-electron chi connectivity index (χ1n) is 6.07. The van der Waals surface area contributed by atoms with Gasteiger partial charge in [0.1, 0.15) is 5.54 Å². The van der Waals surface area contributed by atoms with Crippen molar-refractivity contribution >= 4 is 22.0 Å². The normalized spacial score (nSPS) is 28.2. The monoisotopic (exact) mass is 273 g/mol. The number of nitrogens with zero attached hydrogens (tertiary/aromatic N) is 1. The maximum Gasteiger partial charge on any atom is 0.322 e. The number of sulfonamides is 1. The van der Waals surface area contributed by atoms with Crippen LogP contribution in [-0.4, -0.2) is 48.5 Å². The van der Waals surface area contributed by atoms with Gasteiger partial charge in [0.05, 0.1) is 5.25 Å². The Bertz CT molecular complexity index is 503. The lowest BCUT2D eigenvalue weighted by molar-refractivity contribution is -0.125. The molecule has 0 radical (unpaired) electrons. The van der Waals surface area contributed by atoms with Crippen molar-refractivity contribution in [2.24, 2.45) is 0 Å². The first kappa shape index (κ1) is 11.9. The van der Waals surface area contributed by atoms with Gasteiger partial charge < -0.3 is 5.32 Å². The van der Waals surface area contributed by atoms with Gasteiger partial charge in [-0.15, -0.1) is 0 Å². The molecule has 7 nitrogen and oxygen atoms in total. The second-order valence-corrected chi connectivity index (χ2v) is 7.35. The summed E-state index contributed by atoms with van der Waals surface area (Å²) in [6, 6.07) is -0.487. The largest absolute Gasteiger partial charge is 0.323 e. The van der Waals surface area contributed by atoms with Crippen LogP contribution in [0, 0.1) is 0 Å². The smallest absolute Gasteiger partial charge is 0.322 e. The van der Waals surface area contributed by atoms with E-state index in [9.17, 15) is 18.0 Å². The Hall–Kier alpha value is -1.15. The Morgan fingerprint density at radius 1 is 1.17 bits per heavy atom. The van der Waals surface area contributed by atoms with Crippen LogP contribution in [0.5, 0.6) is 0 Å². The molecule has 100 valence electrons. The molecule has 2 N–H and O–H groups in total. The van der Waals surface area contributed by atoms with E-state index in [1.54, 1.807) is 0 Å². The highest BCUT2D eigenvalue weighted by Gasteiger charge is 2.50. The Morgan fingerprint density at radius 3 is 2.22 bits per heavy atom. The average molecular weight is 273 g/mol. The fourth-order valence-corrected chi connectivity index (χ4v) is 4.42. The van der Waals surface area contributed by atoms with Crippen LogP contribution in [0.3, 0.4) is 0 Å². The summed E-state index contributed by atoms with van der Waals surface area (Å²) in [7, 11) is -3.18. The molecule has 3 rings (SSSR count). The van der Waals surface area contributed by atoms with Crippen molar-refractivity contribution in [1.82, 2.24) is 14.9 Å². The summed E-state index contributed by atoms with van der Waals surface area (Å²) < 4.78 is 25.5. The van der Waals surface area contributed by atoms with Gasteiger partial charge in [0.2, 0.25) is 10.0 Å². The highest BCUT2D eigenvalue weighted by molar-refractivity contribution is 7.90. The van der Waals surface area contributed by atoms with E-state index in [1.807, 2.05) is 0 Å². The van der Waals surface area contributed by atoms with Gasteiger partial charge in [0, 0.05) is 13.1 Å². The molecule has 1 spiro atoms. The van der Waals surface area contributed by atoms with Gasteiger partial charge in [-0.05, 0) is 25.7 Å². The van der Waals surface area contributed by atoms with Crippen LogP contribution in [-0.2, 0) is 14.8 Å². The minimum Gasteiger partial charge on any atom is -0.323 e. The molecule has 2 aliphatic heterocycles. The molecule has 3 amide bonds. The van der Waals surface area contributed by atoms with Gasteiger partial charge >= 0.3 is 6.03 Å². The molecular weight excluding hydrogens is 258 g/mol. The van der Waals surface area contributed by atoms with Crippen molar-refractivity contribution in [3.05, 3.63) is 0 Å². The summed E-state index contributed by atoms with van der Waals surface area (Å²) in [5.74, 6) is -0.337. The van der Waals surface area contributed by atoms with Crippen LogP contribution in [0.4, 0.5) is 4.79 Å². The average Bonchev–Trinajstić information content (AvgIpc) is 3.10. The summed E-state index contributed by atoms with van der Waals surface area (Å²) in [5.41, 5.74) is -0.896. The molecular formula is C10H15N3O4S. The van der Waals surface area contributed by atoms with Crippen LogP contribution < -0.4 is 10.6 Å². The highest BCUT2D eigenvalue weighted by atomic mass is 32.2. The predicted octanol–water partition coefficient (Wildman–Crippen LogP) is -0.847. The standard InChI is InChI=1S/C10H15N3O4S/c14-8-10(12-9(15)11-8)3-5-13(6-4-10)18(16,17)7-1-2-7/h7H,1-6H2,(H2,11,12,14,15). The zero-order valence-electron chi connectivity index (χ0n) is 9.81. The molecule has 1 aliphatic carbocycles. The van der Waals surface area contributed by atoms with Gasteiger partial charge in [-0.25, -0.2) is 17.5 Å². The molecule has 0 aromatic carbocycles. The Labute approximate surface area is 105 Å². The van der Waals surface area contributed by atoms with Gasteiger partial charge in [-0.2, -0.15) is 0 Å². The van der Waals surface area contributed by atoms with Gasteiger partial charge in [0.15, 0.2) is 0 Å². The Balaban J connectivity index is 1.72. The topological polar surface area (TPSA) is 95.6 Å². The first-order valence-corrected chi connectivity index (χ1v) is 7.57. The molecule has 0 aromatic rings. The minimum atomic E-state index is -3.18. The number of carbonyl (C=O) groups excluding carboxylic acids is 2. The molecule has 0 atom stereocenters. The number of hydrogen-bond acceptors (Lipinski definition) is 4. The molecule has 2 heterocycles. The zero-order chi connectivity index (χ0) is 13.0. The van der Waals surface area contributed by atoms with E-state index < -0.39 is 21.6 Å². The molecule has 3 fully saturated rings. The maximum atomic E-state index is 12.0. The predicted molar refractivity (Wildman–Crippen MR) is 62.2 cm³/mol. The van der Waals surface area contributed by atoms with E-state index >= 15 is 0 Å². The second-order valence-electron chi connectivity index (χ2n) is 5.13. The summed E-state index contributed by atoms with van der Waals surface area (Å²) in [6.45, 7) is 0.596. The Morgan fingerprint density at radius 2 is 1.78 bits per heavy atom. The van der Waals surface area contributed by atoms with Gasteiger partial charge in [0.25, 0.3) is 5.91 Å². The summed E-state index contributed by atoms with van der Waals surface area (Å²) in [6.07, 6.45) is 2.16. The van der Waals surface area contributed by atoms with E-state index in [0.717, 1.165) is 12.8 Å². The number of piperidine rings is 1. The van der Waals surface area contributed by atoms with Gasteiger partial charge in [-0.3, -0.25) is 10.1 Å². The first-order chi connectivity index (χ1) is 8.44. The molecule has 2 saturated heterocycles. The molecule has 18 heavy (non-hydrogen) atoms. The van der Waals surface area contributed by atoms with Crippen molar-refractivity contribution in [2.75, 3.05) is 13.1 Å². The van der Waals surface area contributed by atoms with Crippen molar-refractivity contribution < 1.29 is 18.0 Å². The third-order valence-corrected chi connectivity index (χ3v) is 6.29. The van der Waals surface area contributed by atoms with Crippen LogP contribution in [0.1, 0.15) is 25.7 Å². The quantitative estimate of drug-likeness (QED) is 0.641. The van der Waals surface area contributed by atoms with Crippen molar-refractivity contribution in [1.29, 1.82) is 0 Å². The number of carbonyl (C=O) groups is 2. The van der Waals surface area contributed by atoms with Crippen molar-refractivity contribution in [2.45, 2.75) is 36.5 Å². The number of urea groups is 1. The maximum absolute atomic E-state index is 12.0. The van der Waals surface area contributed by atoms with E-state index in [0.29, 0.717) is 25.9 Å². The second kappa shape index (κ2) is 3.67. The summed E-state index contributed by atoms with van der Waals surface area (Å²) >= 11 is 0. The number of hydrogen-bond donors (Lipinski definition) is 2. The molecule has 8 heteroatoms. The summed E-state index contributed by atoms with van der Waals surface area (Å²) in [5, 5.41) is 4.60. The fourth-order valence-electron chi connectivity index (χ4n) is 2.58. The van der Waals surface area contributed by atoms with E-state index in [4.69, 9.17) is 0 Å². The minimum absolute atomic E-state index is 0.224. The molecule has 0 unspecified atom stereocenters. The lowest BCUT2D eigenvalue weighted by Crippen LogP contribution is -2.56. The van der Waals surface area contributed by atoms with E-state index in [2.05, 4.69) is 10.6 Å². The van der Waals surface area contributed by atoms with Crippen molar-refractivity contribution in [3.8, 4) is 0 Å².